The third-order valence-corrected chi connectivity index (χ3v) is 5.21. The summed E-state index contributed by atoms with van der Waals surface area (Å²) >= 11 is 1.89. The smallest absolute Gasteiger partial charge is 0.0962 e. The van der Waals surface area contributed by atoms with Crippen LogP contribution in [-0.2, 0) is 6.54 Å². The molecule has 3 heteroatoms. The van der Waals surface area contributed by atoms with Crippen LogP contribution in [0.15, 0.2) is 5.38 Å². The lowest BCUT2D eigenvalue weighted by Crippen LogP contribution is -2.12. The Bertz CT molecular complexity index is 361. The van der Waals surface area contributed by atoms with Crippen LogP contribution in [0.5, 0.6) is 0 Å². The summed E-state index contributed by atoms with van der Waals surface area (Å²) in [6, 6.07) is 0. The van der Waals surface area contributed by atoms with Gasteiger partial charge in [-0.3, -0.25) is 0 Å². The van der Waals surface area contributed by atoms with Crippen molar-refractivity contribution in [2.75, 3.05) is 6.54 Å². The maximum absolute atomic E-state index is 4.80. The van der Waals surface area contributed by atoms with Crippen LogP contribution < -0.4 is 5.32 Å². The predicted molar refractivity (Wildman–Crippen MR) is 67.7 cm³/mol. The van der Waals surface area contributed by atoms with Crippen LogP contribution in [0.2, 0.25) is 0 Å². The Balaban J connectivity index is 1.68. The van der Waals surface area contributed by atoms with Gasteiger partial charge in [0.2, 0.25) is 0 Å². The van der Waals surface area contributed by atoms with E-state index in [4.69, 9.17) is 4.98 Å². The zero-order valence-electron chi connectivity index (χ0n) is 9.91. The highest BCUT2D eigenvalue weighted by Crippen LogP contribution is 2.53. The Morgan fingerprint density at radius 3 is 3.06 bits per heavy atom. The predicted octanol–water partition coefficient (Wildman–Crippen LogP) is 3.16. The van der Waals surface area contributed by atoms with Gasteiger partial charge in [0.1, 0.15) is 0 Å². The summed E-state index contributed by atoms with van der Waals surface area (Å²) in [5.74, 6) is 2.79. The highest BCUT2D eigenvalue weighted by molar-refractivity contribution is 7.09. The number of hydrogen-bond donors (Lipinski definition) is 1. The number of aromatic nitrogens is 1. The van der Waals surface area contributed by atoms with Crippen LogP contribution in [0.3, 0.4) is 0 Å². The van der Waals surface area contributed by atoms with Gasteiger partial charge in [-0.1, -0.05) is 13.3 Å². The van der Waals surface area contributed by atoms with Crippen molar-refractivity contribution in [1.82, 2.24) is 10.3 Å². The fraction of sp³-hybridized carbons (Fsp3) is 0.769. The van der Waals surface area contributed by atoms with Crippen molar-refractivity contribution in [2.24, 2.45) is 11.8 Å². The number of nitrogens with zero attached hydrogens (tertiary/aromatic N) is 1. The first kappa shape index (κ1) is 10.7. The molecule has 1 aromatic heterocycles. The first-order chi connectivity index (χ1) is 7.86. The monoisotopic (exact) mass is 236 g/mol. The van der Waals surface area contributed by atoms with E-state index in [0.29, 0.717) is 0 Å². The standard InChI is InChI=1S/C13H20N2S/c1-2-14-7-11-8-16-13(15-11)12-6-9-3-4-10(12)5-9/h8-10,12,14H,2-7H2,1H3. The van der Waals surface area contributed by atoms with Gasteiger partial charge in [0.05, 0.1) is 10.7 Å². The highest BCUT2D eigenvalue weighted by atomic mass is 32.1. The summed E-state index contributed by atoms with van der Waals surface area (Å²) in [7, 11) is 0. The second-order valence-electron chi connectivity index (χ2n) is 5.24. The maximum Gasteiger partial charge on any atom is 0.0962 e. The molecule has 2 fully saturated rings. The fourth-order valence-corrected chi connectivity index (χ4v) is 4.40. The van der Waals surface area contributed by atoms with E-state index in [1.165, 1.54) is 36.4 Å². The van der Waals surface area contributed by atoms with E-state index in [1.54, 1.807) is 0 Å². The average Bonchev–Trinajstić information content (AvgIpc) is 3.01. The number of hydrogen-bond acceptors (Lipinski definition) is 3. The van der Waals surface area contributed by atoms with Crippen molar-refractivity contribution in [1.29, 1.82) is 0 Å². The molecule has 3 unspecified atom stereocenters. The van der Waals surface area contributed by atoms with E-state index in [2.05, 4.69) is 17.6 Å². The second-order valence-corrected chi connectivity index (χ2v) is 6.13. The van der Waals surface area contributed by atoms with Crippen LogP contribution in [0.1, 0.15) is 49.2 Å². The lowest BCUT2D eigenvalue weighted by molar-refractivity contribution is 0.418. The minimum Gasteiger partial charge on any atom is -0.311 e. The Morgan fingerprint density at radius 2 is 2.38 bits per heavy atom. The summed E-state index contributed by atoms with van der Waals surface area (Å²) in [6.45, 7) is 4.11. The van der Waals surface area contributed by atoms with Crippen molar-refractivity contribution >= 4 is 11.3 Å². The Kier molecular flexibility index (Phi) is 2.99. The zero-order chi connectivity index (χ0) is 11.0. The Labute approximate surface area is 101 Å². The fourth-order valence-electron chi connectivity index (χ4n) is 3.37. The minimum atomic E-state index is 0.805. The second kappa shape index (κ2) is 4.46. The van der Waals surface area contributed by atoms with Gasteiger partial charge in [-0.15, -0.1) is 11.3 Å². The van der Waals surface area contributed by atoms with Crippen LogP contribution in [0.4, 0.5) is 0 Å². The molecule has 0 spiro atoms. The molecule has 2 aliphatic carbocycles. The molecule has 1 heterocycles. The van der Waals surface area contributed by atoms with Gasteiger partial charge in [-0.2, -0.15) is 0 Å². The zero-order valence-corrected chi connectivity index (χ0v) is 10.7. The minimum absolute atomic E-state index is 0.805. The van der Waals surface area contributed by atoms with Gasteiger partial charge in [0, 0.05) is 17.8 Å². The number of rotatable bonds is 4. The van der Waals surface area contributed by atoms with E-state index in [1.807, 2.05) is 11.3 Å². The van der Waals surface area contributed by atoms with Crippen molar-refractivity contribution in [2.45, 2.75) is 45.1 Å². The molecule has 3 rings (SSSR count). The maximum atomic E-state index is 4.80. The Hall–Kier alpha value is -0.410. The summed E-state index contributed by atoms with van der Waals surface area (Å²) in [6.07, 6.45) is 5.83. The van der Waals surface area contributed by atoms with Gasteiger partial charge in [0.15, 0.2) is 0 Å². The highest BCUT2D eigenvalue weighted by Gasteiger charge is 2.41. The van der Waals surface area contributed by atoms with Crippen LogP contribution in [0, 0.1) is 11.8 Å². The Morgan fingerprint density at radius 1 is 1.44 bits per heavy atom. The number of nitrogens with one attached hydrogen (secondary N) is 1. The summed E-state index contributed by atoms with van der Waals surface area (Å²) < 4.78 is 0. The lowest BCUT2D eigenvalue weighted by atomic mass is 9.89. The average molecular weight is 236 g/mol. The first-order valence-electron chi connectivity index (χ1n) is 6.51. The van der Waals surface area contributed by atoms with Crippen LogP contribution >= 0.6 is 11.3 Å². The van der Waals surface area contributed by atoms with Crippen LogP contribution in [-0.4, -0.2) is 11.5 Å². The van der Waals surface area contributed by atoms with Crippen molar-refractivity contribution in [3.8, 4) is 0 Å². The molecule has 0 amide bonds. The van der Waals surface area contributed by atoms with E-state index in [0.717, 1.165) is 30.8 Å². The third kappa shape index (κ3) is 1.91. The summed E-state index contributed by atoms with van der Waals surface area (Å²) in [5.41, 5.74) is 1.24. The molecule has 2 nitrogen and oxygen atoms in total. The van der Waals surface area contributed by atoms with Gasteiger partial charge >= 0.3 is 0 Å². The molecule has 1 aromatic rings. The molecule has 88 valence electrons. The normalized spacial score (nSPS) is 32.4. The lowest BCUT2D eigenvalue weighted by Gasteiger charge is -2.18. The molecular weight excluding hydrogens is 216 g/mol. The van der Waals surface area contributed by atoms with Gasteiger partial charge in [0.25, 0.3) is 0 Å². The largest absolute Gasteiger partial charge is 0.311 e. The van der Waals surface area contributed by atoms with Crippen molar-refractivity contribution < 1.29 is 0 Å². The van der Waals surface area contributed by atoms with Gasteiger partial charge < -0.3 is 5.32 Å². The molecule has 2 bridgehead atoms. The molecule has 1 N–H and O–H groups in total. The molecule has 2 saturated carbocycles. The van der Waals surface area contributed by atoms with E-state index in [-0.39, 0.29) is 0 Å². The quantitative estimate of drug-likeness (QED) is 0.868. The van der Waals surface area contributed by atoms with E-state index < -0.39 is 0 Å². The topological polar surface area (TPSA) is 24.9 Å². The molecule has 0 saturated heterocycles. The third-order valence-electron chi connectivity index (χ3n) is 4.18. The molecule has 16 heavy (non-hydrogen) atoms. The summed E-state index contributed by atoms with van der Waals surface area (Å²) in [5, 5.41) is 7.00. The van der Waals surface area contributed by atoms with E-state index >= 15 is 0 Å². The molecule has 0 aromatic carbocycles. The molecule has 0 radical (unpaired) electrons. The summed E-state index contributed by atoms with van der Waals surface area (Å²) in [4.78, 5) is 4.80. The van der Waals surface area contributed by atoms with Crippen molar-refractivity contribution in [3.63, 3.8) is 0 Å². The van der Waals surface area contributed by atoms with Gasteiger partial charge in [-0.05, 0) is 37.6 Å². The van der Waals surface area contributed by atoms with E-state index in [9.17, 15) is 0 Å². The SMILES string of the molecule is CCNCc1csc(C2CC3CCC2C3)n1. The number of thiazole rings is 1. The van der Waals surface area contributed by atoms with Crippen molar-refractivity contribution in [3.05, 3.63) is 16.1 Å². The van der Waals surface area contributed by atoms with Crippen LogP contribution in [0.25, 0.3) is 0 Å². The molecular formula is C13H20N2S. The molecule has 2 aliphatic rings. The molecule has 0 aliphatic heterocycles. The van der Waals surface area contributed by atoms with Gasteiger partial charge in [-0.25, -0.2) is 4.98 Å². The first-order valence-corrected chi connectivity index (χ1v) is 7.39. The molecule has 3 atom stereocenters. The number of fused-ring (bicyclic) bond motifs is 2.